The number of aryl methyl sites for hydroxylation is 1. The molecule has 3 rings (SSSR count). The highest BCUT2D eigenvalue weighted by atomic mass is 35.5. The summed E-state index contributed by atoms with van der Waals surface area (Å²) in [7, 11) is 1.82. The number of hydrazine groups is 1. The van der Waals surface area contributed by atoms with Crippen molar-refractivity contribution in [3.63, 3.8) is 0 Å². The zero-order chi connectivity index (χ0) is 19.1. The molecular formula is C17H25ClN6O2. The molecule has 0 bridgehead atoms. The van der Waals surface area contributed by atoms with Crippen molar-refractivity contribution in [2.75, 3.05) is 11.6 Å². The van der Waals surface area contributed by atoms with E-state index in [1.54, 1.807) is 15.9 Å². The van der Waals surface area contributed by atoms with Crippen molar-refractivity contribution in [3.8, 4) is 0 Å². The average Bonchev–Trinajstić information content (AvgIpc) is 3.15. The van der Waals surface area contributed by atoms with E-state index in [-0.39, 0.29) is 5.28 Å². The maximum absolute atomic E-state index is 12.1. The monoisotopic (exact) mass is 380 g/mol. The molecule has 1 saturated carbocycles. The number of anilines is 1. The highest BCUT2D eigenvalue weighted by Gasteiger charge is 2.36. The number of hydrogen-bond acceptors (Lipinski definition) is 5. The fourth-order valence-electron chi connectivity index (χ4n) is 3.60. The SMILES string of the molecule is Cn1cnc2c(N(CC3CCCC3)N(C(=O)O)C(C)(C)C)nc(Cl)nc21. The topological polar surface area (TPSA) is 87.4 Å². The van der Waals surface area contributed by atoms with Crippen molar-refractivity contribution in [2.24, 2.45) is 13.0 Å². The molecule has 0 unspecified atom stereocenters. The Morgan fingerprint density at radius 3 is 2.58 bits per heavy atom. The molecule has 2 aromatic heterocycles. The van der Waals surface area contributed by atoms with Gasteiger partial charge >= 0.3 is 6.09 Å². The average molecular weight is 381 g/mol. The van der Waals surface area contributed by atoms with Gasteiger partial charge < -0.3 is 9.67 Å². The van der Waals surface area contributed by atoms with Gasteiger partial charge in [-0.1, -0.05) is 12.8 Å². The number of fused-ring (bicyclic) bond motifs is 1. The summed E-state index contributed by atoms with van der Waals surface area (Å²) in [6, 6.07) is 0. The van der Waals surface area contributed by atoms with Crippen LogP contribution in [0.2, 0.25) is 5.28 Å². The Labute approximate surface area is 157 Å². The molecule has 2 heterocycles. The minimum atomic E-state index is -1.03. The summed E-state index contributed by atoms with van der Waals surface area (Å²) in [5, 5.41) is 13.1. The molecule has 0 aromatic carbocycles. The van der Waals surface area contributed by atoms with Crippen molar-refractivity contribution in [2.45, 2.75) is 52.0 Å². The highest BCUT2D eigenvalue weighted by molar-refractivity contribution is 6.28. The molecule has 0 spiro atoms. The van der Waals surface area contributed by atoms with Crippen LogP contribution in [0.5, 0.6) is 0 Å². The van der Waals surface area contributed by atoms with E-state index in [4.69, 9.17) is 11.6 Å². The van der Waals surface area contributed by atoms with Gasteiger partial charge in [0.05, 0.1) is 11.9 Å². The van der Waals surface area contributed by atoms with Crippen LogP contribution in [0.25, 0.3) is 11.2 Å². The molecule has 26 heavy (non-hydrogen) atoms. The van der Waals surface area contributed by atoms with E-state index < -0.39 is 11.6 Å². The summed E-state index contributed by atoms with van der Waals surface area (Å²) in [5.41, 5.74) is 0.476. The van der Waals surface area contributed by atoms with Gasteiger partial charge in [0.15, 0.2) is 17.0 Å². The van der Waals surface area contributed by atoms with Gasteiger partial charge in [-0.3, -0.25) is 5.01 Å². The Morgan fingerprint density at radius 1 is 1.35 bits per heavy atom. The van der Waals surface area contributed by atoms with Gasteiger partial charge in [-0.25, -0.2) is 14.8 Å². The largest absolute Gasteiger partial charge is 0.464 e. The third-order valence-corrected chi connectivity index (χ3v) is 4.89. The number of carboxylic acid groups (broad SMARTS) is 1. The summed E-state index contributed by atoms with van der Waals surface area (Å²) in [6.45, 7) is 6.14. The zero-order valence-corrected chi connectivity index (χ0v) is 16.4. The van der Waals surface area contributed by atoms with E-state index >= 15 is 0 Å². The summed E-state index contributed by atoms with van der Waals surface area (Å²) >= 11 is 6.16. The molecule has 0 radical (unpaired) electrons. The fraction of sp³-hybridized carbons (Fsp3) is 0.647. The Kier molecular flexibility index (Phi) is 4.96. The number of rotatable bonds is 4. The van der Waals surface area contributed by atoms with Crippen molar-refractivity contribution in [1.29, 1.82) is 0 Å². The van der Waals surface area contributed by atoms with Gasteiger partial charge in [-0.05, 0) is 51.1 Å². The van der Waals surface area contributed by atoms with Gasteiger partial charge in [0.25, 0.3) is 0 Å². The molecule has 1 amide bonds. The van der Waals surface area contributed by atoms with Crippen LogP contribution in [-0.2, 0) is 7.05 Å². The maximum Gasteiger partial charge on any atom is 0.426 e. The minimum Gasteiger partial charge on any atom is -0.464 e. The van der Waals surface area contributed by atoms with Gasteiger partial charge in [0.2, 0.25) is 5.28 Å². The second kappa shape index (κ2) is 6.90. The molecule has 0 aliphatic heterocycles. The third kappa shape index (κ3) is 3.56. The predicted octanol–water partition coefficient (Wildman–Crippen LogP) is 3.71. The summed E-state index contributed by atoms with van der Waals surface area (Å²) in [5.74, 6) is 0.844. The molecule has 0 atom stereocenters. The minimum absolute atomic E-state index is 0.0757. The molecule has 1 aliphatic rings. The maximum atomic E-state index is 12.1. The Morgan fingerprint density at radius 2 is 2.00 bits per heavy atom. The lowest BCUT2D eigenvalue weighted by Gasteiger charge is -2.43. The molecule has 2 aromatic rings. The first-order valence-corrected chi connectivity index (χ1v) is 9.21. The number of imidazole rings is 1. The Balaban J connectivity index is 2.15. The second-order valence-electron chi connectivity index (χ2n) is 7.84. The standard InChI is InChI=1S/C17H25ClN6O2/c1-17(2,3)24(16(25)26)23(9-11-7-5-6-8-11)14-12-13(20-15(18)21-14)22(4)10-19-12/h10-11H,5-9H2,1-4H3,(H,25,26). The highest BCUT2D eigenvalue weighted by Crippen LogP contribution is 2.33. The van der Waals surface area contributed by atoms with E-state index in [1.165, 1.54) is 17.9 Å². The van der Waals surface area contributed by atoms with E-state index in [9.17, 15) is 9.90 Å². The number of hydrogen-bond donors (Lipinski definition) is 1. The number of aromatic nitrogens is 4. The van der Waals surface area contributed by atoms with Crippen LogP contribution >= 0.6 is 11.6 Å². The summed E-state index contributed by atoms with van der Waals surface area (Å²) in [4.78, 5) is 25.2. The first-order valence-electron chi connectivity index (χ1n) is 8.83. The van der Waals surface area contributed by atoms with Crippen LogP contribution in [0.3, 0.4) is 0 Å². The van der Waals surface area contributed by atoms with E-state index in [0.717, 1.165) is 12.8 Å². The lowest BCUT2D eigenvalue weighted by Crippen LogP contribution is -2.57. The van der Waals surface area contributed by atoms with Gasteiger partial charge in [0.1, 0.15) is 0 Å². The molecular weight excluding hydrogens is 356 g/mol. The van der Waals surface area contributed by atoms with Crippen LogP contribution in [-0.4, -0.2) is 47.8 Å². The van der Waals surface area contributed by atoms with Crippen LogP contribution in [0, 0.1) is 5.92 Å². The second-order valence-corrected chi connectivity index (χ2v) is 8.18. The summed E-state index contributed by atoms with van der Waals surface area (Å²) < 4.78 is 1.75. The predicted molar refractivity (Wildman–Crippen MR) is 100 cm³/mol. The van der Waals surface area contributed by atoms with Crippen molar-refractivity contribution < 1.29 is 9.90 Å². The Hall–Kier alpha value is -2.09. The van der Waals surface area contributed by atoms with Crippen LogP contribution in [0.15, 0.2) is 6.33 Å². The molecule has 1 N–H and O–H groups in total. The number of carbonyl (C=O) groups is 1. The fourth-order valence-corrected chi connectivity index (χ4v) is 3.76. The van der Waals surface area contributed by atoms with E-state index in [0.29, 0.717) is 29.4 Å². The molecule has 0 saturated heterocycles. The molecule has 8 nitrogen and oxygen atoms in total. The molecule has 142 valence electrons. The number of amides is 1. The van der Waals surface area contributed by atoms with Crippen molar-refractivity contribution >= 4 is 34.7 Å². The Bertz CT molecular complexity index is 809. The quantitative estimate of drug-likeness (QED) is 0.642. The first kappa shape index (κ1) is 18.7. The zero-order valence-electron chi connectivity index (χ0n) is 15.6. The third-order valence-electron chi connectivity index (χ3n) is 4.72. The normalized spacial score (nSPS) is 15.6. The number of nitrogens with zero attached hydrogens (tertiary/aromatic N) is 6. The molecule has 1 fully saturated rings. The van der Waals surface area contributed by atoms with Crippen molar-refractivity contribution in [3.05, 3.63) is 11.6 Å². The van der Waals surface area contributed by atoms with E-state index in [1.807, 2.05) is 27.8 Å². The van der Waals surface area contributed by atoms with Gasteiger partial charge in [-0.2, -0.15) is 9.97 Å². The smallest absolute Gasteiger partial charge is 0.426 e. The number of halogens is 1. The lowest BCUT2D eigenvalue weighted by molar-refractivity contribution is 0.0881. The molecule has 1 aliphatic carbocycles. The van der Waals surface area contributed by atoms with Crippen LogP contribution < -0.4 is 5.01 Å². The molecule has 9 heteroatoms. The first-order chi connectivity index (χ1) is 12.2. The van der Waals surface area contributed by atoms with E-state index in [2.05, 4.69) is 15.0 Å². The van der Waals surface area contributed by atoms with Crippen LogP contribution in [0.4, 0.5) is 10.6 Å². The lowest BCUT2D eigenvalue weighted by atomic mass is 10.1. The summed E-state index contributed by atoms with van der Waals surface area (Å²) in [6.07, 6.45) is 5.11. The van der Waals surface area contributed by atoms with Gasteiger partial charge in [0, 0.05) is 13.6 Å². The van der Waals surface area contributed by atoms with Gasteiger partial charge in [-0.15, -0.1) is 0 Å². The van der Waals surface area contributed by atoms with Crippen LogP contribution in [0.1, 0.15) is 46.5 Å². The van der Waals surface area contributed by atoms with Crippen molar-refractivity contribution in [1.82, 2.24) is 24.5 Å².